The molecule has 0 aliphatic carbocycles. The van der Waals surface area contributed by atoms with Gasteiger partial charge in [0.2, 0.25) is 0 Å². The van der Waals surface area contributed by atoms with Crippen LogP contribution in [0, 0.1) is 0 Å². The summed E-state index contributed by atoms with van der Waals surface area (Å²) in [5.41, 5.74) is 1.84. The van der Waals surface area contributed by atoms with E-state index in [-0.39, 0.29) is 5.92 Å². The molecule has 6 nitrogen and oxygen atoms in total. The zero-order valence-electron chi connectivity index (χ0n) is 12.9. The van der Waals surface area contributed by atoms with E-state index >= 15 is 0 Å². The van der Waals surface area contributed by atoms with Gasteiger partial charge in [0.05, 0.1) is 7.11 Å². The second-order valence-electron chi connectivity index (χ2n) is 5.37. The fourth-order valence-electron chi connectivity index (χ4n) is 2.29. The van der Waals surface area contributed by atoms with E-state index < -0.39 is 0 Å². The molecule has 3 rings (SSSR count). The normalized spacial score (nSPS) is 11.1. The molecule has 2 aromatic heterocycles. The van der Waals surface area contributed by atoms with Gasteiger partial charge >= 0.3 is 0 Å². The summed E-state index contributed by atoms with van der Waals surface area (Å²) < 4.78 is 7.14. The third kappa shape index (κ3) is 2.72. The number of hydrogen-bond donors (Lipinski definition) is 1. The van der Waals surface area contributed by atoms with Crippen molar-refractivity contribution in [2.24, 2.45) is 0 Å². The standard InChI is InChI=1S/C16H19N5O/c1-11(2)16-19-18-15-9-8-14(20-21(15)16)17-10-12-6-4-5-7-13(12)22-3/h4-9,11H,10H2,1-3H3,(H,17,20). The first-order chi connectivity index (χ1) is 10.7. The minimum Gasteiger partial charge on any atom is -0.496 e. The van der Waals surface area contributed by atoms with Crippen molar-refractivity contribution in [2.75, 3.05) is 12.4 Å². The second-order valence-corrected chi connectivity index (χ2v) is 5.37. The van der Waals surface area contributed by atoms with Gasteiger partial charge in [-0.25, -0.2) is 0 Å². The molecule has 1 N–H and O–H groups in total. The summed E-state index contributed by atoms with van der Waals surface area (Å²) in [6, 6.07) is 11.7. The second kappa shape index (κ2) is 6.01. The average Bonchev–Trinajstić information content (AvgIpc) is 2.96. The SMILES string of the molecule is COc1ccccc1CNc1ccc2nnc(C(C)C)n2n1. The maximum atomic E-state index is 5.36. The van der Waals surface area contributed by atoms with Gasteiger partial charge in [0.15, 0.2) is 11.5 Å². The number of benzene rings is 1. The van der Waals surface area contributed by atoms with Gasteiger partial charge < -0.3 is 10.1 Å². The van der Waals surface area contributed by atoms with Gasteiger partial charge in [-0.2, -0.15) is 4.52 Å². The summed E-state index contributed by atoms with van der Waals surface area (Å²) in [4.78, 5) is 0. The lowest BCUT2D eigenvalue weighted by Gasteiger charge is -2.10. The summed E-state index contributed by atoms with van der Waals surface area (Å²) in [6.07, 6.45) is 0. The van der Waals surface area contributed by atoms with E-state index in [4.69, 9.17) is 4.74 Å². The number of nitrogens with one attached hydrogen (secondary N) is 1. The Labute approximate surface area is 129 Å². The van der Waals surface area contributed by atoms with Gasteiger partial charge in [-0.05, 0) is 18.2 Å². The molecular formula is C16H19N5O. The van der Waals surface area contributed by atoms with Crippen LogP contribution in [0.1, 0.15) is 31.2 Å². The van der Waals surface area contributed by atoms with Crippen LogP contribution in [-0.4, -0.2) is 26.9 Å². The Kier molecular flexibility index (Phi) is 3.91. The van der Waals surface area contributed by atoms with Crippen LogP contribution in [0.25, 0.3) is 5.65 Å². The van der Waals surface area contributed by atoms with Gasteiger partial charge in [0, 0.05) is 18.0 Å². The number of aromatic nitrogens is 4. The number of anilines is 1. The molecule has 0 saturated carbocycles. The van der Waals surface area contributed by atoms with Crippen LogP contribution in [-0.2, 0) is 6.54 Å². The van der Waals surface area contributed by atoms with Crippen molar-refractivity contribution in [2.45, 2.75) is 26.3 Å². The molecule has 0 unspecified atom stereocenters. The monoisotopic (exact) mass is 297 g/mol. The van der Waals surface area contributed by atoms with Crippen LogP contribution in [0.4, 0.5) is 5.82 Å². The number of hydrogen-bond acceptors (Lipinski definition) is 5. The van der Waals surface area contributed by atoms with Gasteiger partial charge in [0.25, 0.3) is 0 Å². The molecule has 0 aliphatic rings. The van der Waals surface area contributed by atoms with E-state index in [0.29, 0.717) is 6.54 Å². The average molecular weight is 297 g/mol. The number of rotatable bonds is 5. The predicted octanol–water partition coefficient (Wildman–Crippen LogP) is 2.87. The van der Waals surface area contributed by atoms with Crippen molar-refractivity contribution >= 4 is 11.5 Å². The van der Waals surface area contributed by atoms with Crippen molar-refractivity contribution in [1.29, 1.82) is 0 Å². The van der Waals surface area contributed by atoms with Gasteiger partial charge in [-0.3, -0.25) is 0 Å². The van der Waals surface area contributed by atoms with Crippen LogP contribution >= 0.6 is 0 Å². The lowest BCUT2D eigenvalue weighted by Crippen LogP contribution is -2.07. The number of methoxy groups -OCH3 is 1. The summed E-state index contributed by atoms with van der Waals surface area (Å²) in [7, 11) is 1.68. The first kappa shape index (κ1) is 14.3. The molecule has 0 bridgehead atoms. The van der Waals surface area contributed by atoms with Crippen molar-refractivity contribution < 1.29 is 4.74 Å². The topological polar surface area (TPSA) is 64.3 Å². The Hall–Kier alpha value is -2.63. The van der Waals surface area contributed by atoms with E-state index in [9.17, 15) is 0 Å². The quantitative estimate of drug-likeness (QED) is 0.784. The molecule has 3 aromatic rings. The Balaban J connectivity index is 1.83. The van der Waals surface area contributed by atoms with Crippen LogP contribution in [0.15, 0.2) is 36.4 Å². The molecule has 114 valence electrons. The van der Waals surface area contributed by atoms with E-state index in [2.05, 4.69) is 34.5 Å². The lowest BCUT2D eigenvalue weighted by molar-refractivity contribution is 0.410. The highest BCUT2D eigenvalue weighted by Crippen LogP contribution is 2.19. The van der Waals surface area contributed by atoms with Crippen LogP contribution in [0.2, 0.25) is 0 Å². The summed E-state index contributed by atoms with van der Waals surface area (Å²) in [5.74, 6) is 2.77. The zero-order valence-corrected chi connectivity index (χ0v) is 12.9. The lowest BCUT2D eigenvalue weighted by atomic mass is 10.2. The van der Waals surface area contributed by atoms with Crippen LogP contribution in [0.5, 0.6) is 5.75 Å². The maximum absolute atomic E-state index is 5.36. The maximum Gasteiger partial charge on any atom is 0.178 e. The zero-order chi connectivity index (χ0) is 15.5. The fraction of sp³-hybridized carbons (Fsp3) is 0.312. The molecule has 0 aliphatic heterocycles. The van der Waals surface area contributed by atoms with E-state index in [1.54, 1.807) is 11.6 Å². The van der Waals surface area contributed by atoms with E-state index in [1.807, 2.05) is 36.4 Å². The van der Waals surface area contributed by atoms with Crippen molar-refractivity contribution in [1.82, 2.24) is 19.8 Å². The fourth-order valence-corrected chi connectivity index (χ4v) is 2.29. The van der Waals surface area contributed by atoms with Crippen LogP contribution < -0.4 is 10.1 Å². The van der Waals surface area contributed by atoms with Crippen molar-refractivity contribution in [3.05, 3.63) is 47.8 Å². The van der Waals surface area contributed by atoms with Gasteiger partial charge in [-0.1, -0.05) is 32.0 Å². The van der Waals surface area contributed by atoms with E-state index in [1.165, 1.54) is 0 Å². The first-order valence-electron chi connectivity index (χ1n) is 7.27. The first-order valence-corrected chi connectivity index (χ1v) is 7.27. The Bertz CT molecular complexity index is 781. The van der Waals surface area contributed by atoms with Crippen LogP contribution in [0.3, 0.4) is 0 Å². The molecular weight excluding hydrogens is 278 g/mol. The van der Waals surface area contributed by atoms with Gasteiger partial charge in [-0.15, -0.1) is 15.3 Å². The molecule has 1 aromatic carbocycles. The largest absolute Gasteiger partial charge is 0.496 e. The Morgan fingerprint density at radius 2 is 1.95 bits per heavy atom. The molecule has 6 heteroatoms. The van der Waals surface area contributed by atoms with Crippen molar-refractivity contribution in [3.8, 4) is 5.75 Å². The number of para-hydroxylation sites is 1. The summed E-state index contributed by atoms with van der Waals surface area (Å²) >= 11 is 0. The van der Waals surface area contributed by atoms with Gasteiger partial charge in [0.1, 0.15) is 11.6 Å². The molecule has 0 fully saturated rings. The minimum atomic E-state index is 0.270. The highest BCUT2D eigenvalue weighted by molar-refractivity contribution is 5.45. The summed E-state index contributed by atoms with van der Waals surface area (Å²) in [6.45, 7) is 4.79. The number of nitrogens with zero attached hydrogens (tertiary/aromatic N) is 4. The molecule has 0 amide bonds. The molecule has 0 atom stereocenters. The molecule has 22 heavy (non-hydrogen) atoms. The minimum absolute atomic E-state index is 0.270. The third-order valence-corrected chi connectivity index (χ3v) is 3.46. The van der Waals surface area contributed by atoms with Crippen molar-refractivity contribution in [3.63, 3.8) is 0 Å². The molecule has 0 saturated heterocycles. The summed E-state index contributed by atoms with van der Waals surface area (Å²) in [5, 5.41) is 16.2. The molecule has 2 heterocycles. The smallest absolute Gasteiger partial charge is 0.178 e. The predicted molar refractivity (Wildman–Crippen MR) is 85.2 cm³/mol. The Morgan fingerprint density at radius 1 is 1.14 bits per heavy atom. The molecule has 0 spiro atoms. The number of ether oxygens (including phenoxy) is 1. The molecule has 0 radical (unpaired) electrons. The third-order valence-electron chi connectivity index (χ3n) is 3.46. The Morgan fingerprint density at radius 3 is 2.73 bits per heavy atom. The number of fused-ring (bicyclic) bond motifs is 1. The highest BCUT2D eigenvalue weighted by atomic mass is 16.5. The highest BCUT2D eigenvalue weighted by Gasteiger charge is 2.11. The van der Waals surface area contributed by atoms with E-state index in [0.717, 1.165) is 28.6 Å².